The minimum Gasteiger partial charge on any atom is -0.320 e. The summed E-state index contributed by atoms with van der Waals surface area (Å²) in [5.74, 6) is -0.782. The maximum absolute atomic E-state index is 13.8. The van der Waals surface area contributed by atoms with Crippen LogP contribution in [-0.4, -0.2) is 34.0 Å². The number of amides is 1. The van der Waals surface area contributed by atoms with E-state index in [1.165, 1.54) is 18.2 Å². The van der Waals surface area contributed by atoms with Crippen LogP contribution in [0, 0.1) is 5.82 Å². The molecule has 0 bridgehead atoms. The maximum atomic E-state index is 13.8. The Bertz CT molecular complexity index is 983. The molecule has 1 amide bonds. The van der Waals surface area contributed by atoms with Gasteiger partial charge in [-0.15, -0.1) is 5.10 Å². The highest BCUT2D eigenvalue weighted by atomic mass is 35.5. The molecule has 2 heterocycles. The number of rotatable bonds is 4. The van der Waals surface area contributed by atoms with Crippen molar-refractivity contribution in [3.8, 4) is 11.1 Å². The van der Waals surface area contributed by atoms with Crippen LogP contribution in [0.2, 0.25) is 5.02 Å². The lowest BCUT2D eigenvalue weighted by Crippen LogP contribution is -2.31. The van der Waals surface area contributed by atoms with E-state index < -0.39 is 11.7 Å². The summed E-state index contributed by atoms with van der Waals surface area (Å²) in [5.41, 5.74) is 2.02. The molecule has 1 unspecified atom stereocenters. The summed E-state index contributed by atoms with van der Waals surface area (Å²) in [5, 5.41) is 14.8. The molecule has 1 atom stereocenters. The lowest BCUT2D eigenvalue weighted by molar-refractivity contribution is 0.102. The molecule has 8 heteroatoms. The Balaban J connectivity index is 1.56. The zero-order valence-corrected chi connectivity index (χ0v) is 15.8. The molecule has 1 saturated heterocycles. The third kappa shape index (κ3) is 4.05. The van der Waals surface area contributed by atoms with E-state index in [9.17, 15) is 9.18 Å². The fraction of sp³-hybridized carbons (Fsp3) is 0.250. The average Bonchev–Trinajstić information content (AvgIpc) is 3.21. The third-order valence-corrected chi connectivity index (χ3v) is 5.02. The molecule has 0 spiro atoms. The van der Waals surface area contributed by atoms with E-state index in [0.717, 1.165) is 31.5 Å². The average molecular weight is 400 g/mol. The minimum atomic E-state index is -0.392. The van der Waals surface area contributed by atoms with E-state index in [0.29, 0.717) is 16.3 Å². The number of piperidine rings is 1. The number of benzene rings is 2. The molecule has 4 rings (SSSR count). The van der Waals surface area contributed by atoms with Gasteiger partial charge in [0.1, 0.15) is 5.82 Å². The van der Waals surface area contributed by atoms with Gasteiger partial charge in [0, 0.05) is 22.8 Å². The highest BCUT2D eigenvalue weighted by molar-refractivity contribution is 6.30. The van der Waals surface area contributed by atoms with Gasteiger partial charge in [0.05, 0.1) is 12.2 Å². The molecule has 0 radical (unpaired) electrons. The molecule has 1 aliphatic heterocycles. The summed E-state index contributed by atoms with van der Waals surface area (Å²) >= 11 is 5.94. The van der Waals surface area contributed by atoms with E-state index in [1.807, 2.05) is 0 Å². The molecule has 144 valence electrons. The van der Waals surface area contributed by atoms with Gasteiger partial charge >= 0.3 is 0 Å². The molecular formula is C20H19ClFN5O. The van der Waals surface area contributed by atoms with Gasteiger partial charge in [-0.1, -0.05) is 28.9 Å². The highest BCUT2D eigenvalue weighted by Gasteiger charge is 2.19. The Morgan fingerprint density at radius 2 is 2.07 bits per heavy atom. The number of carbonyl (C=O) groups excluding carboxylic acids is 1. The highest BCUT2D eigenvalue weighted by Crippen LogP contribution is 2.30. The zero-order valence-electron chi connectivity index (χ0n) is 15.0. The number of aromatic nitrogens is 3. The van der Waals surface area contributed by atoms with Crippen LogP contribution in [0.15, 0.2) is 48.7 Å². The zero-order chi connectivity index (χ0) is 19.5. The molecule has 1 fully saturated rings. The van der Waals surface area contributed by atoms with Crippen molar-refractivity contribution in [2.24, 2.45) is 0 Å². The van der Waals surface area contributed by atoms with E-state index in [1.54, 1.807) is 35.1 Å². The first kappa shape index (κ1) is 18.6. The summed E-state index contributed by atoms with van der Waals surface area (Å²) in [6.07, 6.45) is 3.71. The molecule has 0 saturated carbocycles. The number of carbonyl (C=O) groups is 1. The first-order valence-corrected chi connectivity index (χ1v) is 9.47. The van der Waals surface area contributed by atoms with Gasteiger partial charge in [0.2, 0.25) is 0 Å². The van der Waals surface area contributed by atoms with Crippen LogP contribution < -0.4 is 10.6 Å². The fourth-order valence-corrected chi connectivity index (χ4v) is 3.42. The standard InChI is InChI=1S/C20H19ClFN5O/c21-14-5-3-13(4-6-14)17-10-15(22)7-8-18(17)24-20(28)19-12-27(26-25-19)16-2-1-9-23-11-16/h3-8,10,12,16,23H,1-2,9,11H2,(H,24,28). The number of nitrogens with one attached hydrogen (secondary N) is 2. The SMILES string of the molecule is O=C(Nc1ccc(F)cc1-c1ccc(Cl)cc1)c1cn(C2CCCNC2)nn1. The van der Waals surface area contributed by atoms with Crippen LogP contribution >= 0.6 is 11.6 Å². The van der Waals surface area contributed by atoms with Crippen molar-refractivity contribution < 1.29 is 9.18 Å². The normalized spacial score (nSPS) is 16.7. The number of hydrogen-bond acceptors (Lipinski definition) is 4. The van der Waals surface area contributed by atoms with Gasteiger partial charge in [0.25, 0.3) is 5.91 Å². The van der Waals surface area contributed by atoms with Crippen LogP contribution in [0.1, 0.15) is 29.4 Å². The van der Waals surface area contributed by atoms with Crippen molar-refractivity contribution >= 4 is 23.2 Å². The van der Waals surface area contributed by atoms with Crippen LogP contribution in [-0.2, 0) is 0 Å². The van der Waals surface area contributed by atoms with E-state index in [4.69, 9.17) is 11.6 Å². The quantitative estimate of drug-likeness (QED) is 0.697. The van der Waals surface area contributed by atoms with Crippen molar-refractivity contribution in [2.45, 2.75) is 18.9 Å². The van der Waals surface area contributed by atoms with Gasteiger partial charge in [0.15, 0.2) is 5.69 Å². The second-order valence-electron chi connectivity index (χ2n) is 6.73. The van der Waals surface area contributed by atoms with Crippen molar-refractivity contribution in [3.63, 3.8) is 0 Å². The lowest BCUT2D eigenvalue weighted by atomic mass is 10.0. The second kappa shape index (κ2) is 8.08. The van der Waals surface area contributed by atoms with Gasteiger partial charge in [-0.2, -0.15) is 0 Å². The molecule has 2 aromatic carbocycles. The number of hydrogen-bond donors (Lipinski definition) is 2. The Kier molecular flexibility index (Phi) is 5.36. The Hall–Kier alpha value is -2.77. The van der Waals surface area contributed by atoms with Crippen molar-refractivity contribution in [2.75, 3.05) is 18.4 Å². The van der Waals surface area contributed by atoms with Crippen LogP contribution in [0.25, 0.3) is 11.1 Å². The number of nitrogens with zero attached hydrogens (tertiary/aromatic N) is 3. The molecule has 1 aromatic heterocycles. The lowest BCUT2D eigenvalue weighted by Gasteiger charge is -2.22. The largest absolute Gasteiger partial charge is 0.320 e. The first-order valence-electron chi connectivity index (χ1n) is 9.09. The number of anilines is 1. The van der Waals surface area contributed by atoms with E-state index >= 15 is 0 Å². The Morgan fingerprint density at radius 3 is 2.82 bits per heavy atom. The smallest absolute Gasteiger partial charge is 0.277 e. The van der Waals surface area contributed by atoms with Gasteiger partial charge < -0.3 is 10.6 Å². The summed E-state index contributed by atoms with van der Waals surface area (Å²) < 4.78 is 15.5. The Labute approximate surface area is 166 Å². The molecule has 0 aliphatic carbocycles. The molecule has 2 N–H and O–H groups in total. The van der Waals surface area contributed by atoms with Crippen molar-refractivity contribution in [3.05, 3.63) is 65.2 Å². The van der Waals surface area contributed by atoms with Crippen molar-refractivity contribution in [1.82, 2.24) is 20.3 Å². The van der Waals surface area contributed by atoms with E-state index in [-0.39, 0.29) is 11.7 Å². The topological polar surface area (TPSA) is 71.8 Å². The third-order valence-electron chi connectivity index (χ3n) is 4.77. The second-order valence-corrected chi connectivity index (χ2v) is 7.17. The maximum Gasteiger partial charge on any atom is 0.277 e. The fourth-order valence-electron chi connectivity index (χ4n) is 3.30. The number of halogens is 2. The summed E-state index contributed by atoms with van der Waals surface area (Å²) in [6, 6.07) is 11.4. The molecular weight excluding hydrogens is 381 g/mol. The van der Waals surface area contributed by atoms with Crippen LogP contribution in [0.5, 0.6) is 0 Å². The summed E-state index contributed by atoms with van der Waals surface area (Å²) in [4.78, 5) is 12.7. The summed E-state index contributed by atoms with van der Waals surface area (Å²) in [7, 11) is 0. The predicted molar refractivity (Wildman–Crippen MR) is 106 cm³/mol. The van der Waals surface area contributed by atoms with Crippen LogP contribution in [0.3, 0.4) is 0 Å². The first-order chi connectivity index (χ1) is 13.6. The molecule has 1 aliphatic rings. The van der Waals surface area contributed by atoms with Gasteiger partial charge in [-0.3, -0.25) is 4.79 Å². The molecule has 28 heavy (non-hydrogen) atoms. The molecule has 3 aromatic rings. The van der Waals surface area contributed by atoms with E-state index in [2.05, 4.69) is 20.9 Å². The van der Waals surface area contributed by atoms with Crippen molar-refractivity contribution in [1.29, 1.82) is 0 Å². The minimum absolute atomic E-state index is 0.193. The summed E-state index contributed by atoms with van der Waals surface area (Å²) in [6.45, 7) is 1.81. The van der Waals surface area contributed by atoms with Crippen LogP contribution in [0.4, 0.5) is 10.1 Å². The predicted octanol–water partition coefficient (Wildman–Crippen LogP) is 3.91. The van der Waals surface area contributed by atoms with Gasteiger partial charge in [-0.25, -0.2) is 9.07 Å². The Morgan fingerprint density at radius 1 is 1.25 bits per heavy atom. The van der Waals surface area contributed by atoms with Gasteiger partial charge in [-0.05, 0) is 55.3 Å². The molecule has 6 nitrogen and oxygen atoms in total. The monoisotopic (exact) mass is 399 g/mol.